The number of hydrogen-bond acceptors (Lipinski definition) is 0. The minimum atomic E-state index is -1.74. The lowest BCUT2D eigenvalue weighted by atomic mass is 9.94. The molecule has 1 aliphatic rings. The number of rotatable bonds is 1. The van der Waals surface area contributed by atoms with Crippen LogP contribution in [0.4, 0.5) is 8.78 Å². The summed E-state index contributed by atoms with van der Waals surface area (Å²) < 4.78 is 31.6. The molecule has 0 radical (unpaired) electrons. The van der Waals surface area contributed by atoms with E-state index in [4.69, 9.17) is 0 Å². The van der Waals surface area contributed by atoms with Gasteiger partial charge < -0.3 is 4.57 Å². The molecule has 1 heterocycles. The van der Waals surface area contributed by atoms with Crippen molar-refractivity contribution in [1.29, 1.82) is 0 Å². The van der Waals surface area contributed by atoms with Crippen LogP contribution in [-0.4, -0.2) is 10.2 Å². The van der Waals surface area contributed by atoms with E-state index in [0.717, 1.165) is 32.9 Å². The summed E-state index contributed by atoms with van der Waals surface area (Å²) in [5, 5.41) is 2.05. The molecular weight excluding hydrogens is 304 g/mol. The van der Waals surface area contributed by atoms with Crippen molar-refractivity contribution in [2.45, 2.75) is 32.9 Å². The van der Waals surface area contributed by atoms with Crippen molar-refractivity contribution in [3.8, 4) is 0 Å². The summed E-state index contributed by atoms with van der Waals surface area (Å²) >= 11 is 0. The lowest BCUT2D eigenvalue weighted by molar-refractivity contribution is 0.260. The molecule has 1 unspecified atom stereocenters. The largest absolute Gasteiger partial charge is 0.307 e. The molecule has 1 aliphatic carbocycles. The Hall–Kier alpha value is -2.42. The van der Waals surface area contributed by atoms with Crippen molar-refractivity contribution >= 4 is 27.5 Å². The highest BCUT2D eigenvalue weighted by atomic mass is 19.1. The molecule has 0 saturated carbocycles. The van der Waals surface area contributed by atoms with E-state index >= 15 is 4.39 Å². The summed E-state index contributed by atoms with van der Waals surface area (Å²) in [4.78, 5) is 0. The minimum Gasteiger partial charge on any atom is -0.307 e. The van der Waals surface area contributed by atoms with Gasteiger partial charge in [0.25, 0.3) is 0 Å². The average Bonchev–Trinajstić information content (AvgIpc) is 2.80. The van der Waals surface area contributed by atoms with Gasteiger partial charge in [-0.1, -0.05) is 29.3 Å². The van der Waals surface area contributed by atoms with Gasteiger partial charge in [0, 0.05) is 17.2 Å². The maximum atomic E-state index is 15.2. The molecule has 1 atom stereocenters. The molecule has 0 saturated heterocycles. The van der Waals surface area contributed by atoms with Crippen molar-refractivity contribution in [1.82, 2.24) is 4.57 Å². The van der Waals surface area contributed by atoms with Gasteiger partial charge in [0.2, 0.25) is 0 Å². The first kappa shape index (κ1) is 15.1. The van der Waals surface area contributed by atoms with E-state index in [-0.39, 0.29) is 12.1 Å². The van der Waals surface area contributed by atoms with E-state index in [1.807, 2.05) is 38.1 Å². The van der Waals surface area contributed by atoms with E-state index in [0.29, 0.717) is 0 Å². The van der Waals surface area contributed by atoms with Crippen LogP contribution < -0.4 is 0 Å². The van der Waals surface area contributed by atoms with Crippen LogP contribution in [0.3, 0.4) is 0 Å². The SMILES string of the molecule is Cc1ccc2c(c1)c1cc(C)ccc1n2C1=C(F)C=CCC1(C)F. The minimum absolute atomic E-state index is 0.0951. The highest BCUT2D eigenvalue weighted by Crippen LogP contribution is 2.42. The first-order chi connectivity index (χ1) is 11.4. The number of aryl methyl sites for hydroxylation is 2. The zero-order chi connectivity index (χ0) is 17.1. The number of hydrogen-bond donors (Lipinski definition) is 0. The van der Waals surface area contributed by atoms with Gasteiger partial charge in [-0.3, -0.25) is 0 Å². The molecular formula is C21H19F2N. The van der Waals surface area contributed by atoms with Crippen LogP contribution in [0, 0.1) is 13.8 Å². The first-order valence-electron chi connectivity index (χ1n) is 8.16. The summed E-state index contributed by atoms with van der Waals surface area (Å²) in [7, 11) is 0. The summed E-state index contributed by atoms with van der Waals surface area (Å²) in [6, 6.07) is 12.0. The van der Waals surface area contributed by atoms with E-state index in [2.05, 4.69) is 12.1 Å². The van der Waals surface area contributed by atoms with Crippen LogP contribution in [-0.2, 0) is 0 Å². The molecule has 122 valence electrons. The zero-order valence-corrected chi connectivity index (χ0v) is 14.0. The third kappa shape index (κ3) is 2.11. The highest BCUT2D eigenvalue weighted by molar-refractivity contribution is 6.10. The first-order valence-corrected chi connectivity index (χ1v) is 8.16. The van der Waals surface area contributed by atoms with Crippen LogP contribution in [0.15, 0.2) is 54.4 Å². The van der Waals surface area contributed by atoms with Crippen molar-refractivity contribution in [3.63, 3.8) is 0 Å². The van der Waals surface area contributed by atoms with Crippen molar-refractivity contribution < 1.29 is 8.78 Å². The number of benzene rings is 2. The van der Waals surface area contributed by atoms with Crippen LogP contribution in [0.25, 0.3) is 27.5 Å². The van der Waals surface area contributed by atoms with Crippen LogP contribution in [0.1, 0.15) is 24.5 Å². The predicted octanol–water partition coefficient (Wildman–Crippen LogP) is 6.24. The number of alkyl halides is 1. The lowest BCUT2D eigenvalue weighted by Crippen LogP contribution is -2.26. The predicted molar refractivity (Wildman–Crippen MR) is 96.5 cm³/mol. The van der Waals surface area contributed by atoms with Gasteiger partial charge in [0.1, 0.15) is 5.83 Å². The van der Waals surface area contributed by atoms with Gasteiger partial charge in [0.05, 0.1) is 16.7 Å². The molecule has 3 heteroatoms. The van der Waals surface area contributed by atoms with Crippen LogP contribution in [0.5, 0.6) is 0 Å². The Morgan fingerprint density at radius 2 is 1.50 bits per heavy atom. The second-order valence-corrected chi connectivity index (χ2v) is 6.88. The Balaban J connectivity index is 2.21. The monoisotopic (exact) mass is 323 g/mol. The summed E-state index contributed by atoms with van der Waals surface area (Å²) in [5.74, 6) is -0.508. The van der Waals surface area contributed by atoms with Gasteiger partial charge in [-0.15, -0.1) is 0 Å². The highest BCUT2D eigenvalue weighted by Gasteiger charge is 2.35. The van der Waals surface area contributed by atoms with E-state index in [1.165, 1.54) is 13.0 Å². The van der Waals surface area contributed by atoms with Crippen LogP contribution in [0.2, 0.25) is 0 Å². The van der Waals surface area contributed by atoms with Gasteiger partial charge in [0.15, 0.2) is 5.67 Å². The average molecular weight is 323 g/mol. The molecule has 1 aromatic heterocycles. The number of allylic oxidation sites excluding steroid dienone is 4. The second-order valence-electron chi connectivity index (χ2n) is 6.88. The number of nitrogens with zero attached hydrogens (tertiary/aromatic N) is 1. The third-order valence-corrected chi connectivity index (χ3v) is 4.79. The quantitative estimate of drug-likeness (QED) is 0.500. The molecule has 4 rings (SSSR count). The number of aromatic nitrogens is 1. The zero-order valence-electron chi connectivity index (χ0n) is 14.0. The smallest absolute Gasteiger partial charge is 0.154 e. The van der Waals surface area contributed by atoms with Crippen molar-refractivity contribution in [2.75, 3.05) is 0 Å². The Labute approximate surface area is 139 Å². The molecule has 24 heavy (non-hydrogen) atoms. The third-order valence-electron chi connectivity index (χ3n) is 4.79. The van der Waals surface area contributed by atoms with Gasteiger partial charge in [-0.2, -0.15) is 0 Å². The van der Waals surface area contributed by atoms with E-state index < -0.39 is 11.5 Å². The summed E-state index contributed by atoms with van der Waals surface area (Å²) in [6.45, 7) is 5.51. The molecule has 0 spiro atoms. The van der Waals surface area contributed by atoms with Crippen molar-refractivity contribution in [3.05, 3.63) is 65.5 Å². The maximum absolute atomic E-state index is 15.2. The molecule has 0 bridgehead atoms. The summed E-state index contributed by atoms with van der Waals surface area (Å²) in [6.07, 6.45) is 3.10. The fourth-order valence-electron chi connectivity index (χ4n) is 3.64. The lowest BCUT2D eigenvalue weighted by Gasteiger charge is -2.27. The molecule has 0 N–H and O–H groups in total. The van der Waals surface area contributed by atoms with Crippen LogP contribution >= 0.6 is 0 Å². The normalized spacial score (nSPS) is 21.2. The van der Waals surface area contributed by atoms with Gasteiger partial charge in [-0.05, 0) is 51.1 Å². The number of halogens is 2. The Kier molecular flexibility index (Phi) is 3.17. The molecule has 2 aromatic carbocycles. The molecule has 0 aliphatic heterocycles. The van der Waals surface area contributed by atoms with Gasteiger partial charge in [-0.25, -0.2) is 8.78 Å². The van der Waals surface area contributed by atoms with Gasteiger partial charge >= 0.3 is 0 Å². The van der Waals surface area contributed by atoms with Crippen molar-refractivity contribution in [2.24, 2.45) is 0 Å². The standard InChI is InChI=1S/C21H19F2N/c1-13-6-8-18-15(11-13)16-12-14(2)7-9-19(16)24(18)20-17(22)5-4-10-21(20,3)23/h4-9,11-12H,10H2,1-3H3. The molecule has 1 nitrogen and oxygen atoms in total. The number of fused-ring (bicyclic) bond motifs is 3. The molecule has 0 fully saturated rings. The fraction of sp³-hybridized carbons (Fsp3) is 0.238. The fourth-order valence-corrected chi connectivity index (χ4v) is 3.64. The topological polar surface area (TPSA) is 4.93 Å². The Morgan fingerprint density at radius 1 is 0.958 bits per heavy atom. The Bertz CT molecular complexity index is 976. The molecule has 3 aromatic rings. The maximum Gasteiger partial charge on any atom is 0.154 e. The second kappa shape index (κ2) is 5.04. The summed E-state index contributed by atoms with van der Waals surface area (Å²) in [5.41, 5.74) is 2.29. The molecule has 0 amide bonds. The van der Waals surface area contributed by atoms with E-state index in [1.54, 1.807) is 10.6 Å². The Morgan fingerprint density at radius 3 is 2.00 bits per heavy atom. The van der Waals surface area contributed by atoms with E-state index in [9.17, 15) is 4.39 Å².